The molecule has 0 saturated carbocycles. The van der Waals surface area contributed by atoms with E-state index >= 15 is 0 Å². The first kappa shape index (κ1) is 18.7. The summed E-state index contributed by atoms with van der Waals surface area (Å²) in [4.78, 5) is 27.1. The number of benzene rings is 1. The summed E-state index contributed by atoms with van der Waals surface area (Å²) in [6.45, 7) is 6.65. The molecule has 25 heavy (non-hydrogen) atoms. The molecule has 2 rings (SSSR count). The van der Waals surface area contributed by atoms with Crippen LogP contribution in [0.25, 0.3) is 0 Å². The van der Waals surface area contributed by atoms with Crippen molar-refractivity contribution in [1.29, 1.82) is 0 Å². The fraction of sp³-hybridized carbons (Fsp3) is 0.368. The van der Waals surface area contributed by atoms with Crippen LogP contribution in [0.15, 0.2) is 30.3 Å². The maximum Gasteiger partial charge on any atom is 0.355 e. The molecule has 0 fully saturated rings. The van der Waals surface area contributed by atoms with Gasteiger partial charge in [0.2, 0.25) is 0 Å². The highest BCUT2D eigenvalue weighted by atomic mass is 16.5. The minimum absolute atomic E-state index is 0.177. The van der Waals surface area contributed by atoms with Gasteiger partial charge in [0.1, 0.15) is 5.69 Å². The third-order valence-electron chi connectivity index (χ3n) is 4.13. The molecule has 0 radical (unpaired) electrons. The minimum Gasteiger partial charge on any atom is -0.451 e. The number of aliphatic hydroxyl groups is 1. The van der Waals surface area contributed by atoms with Gasteiger partial charge in [0.15, 0.2) is 6.61 Å². The number of ether oxygens (including phenoxy) is 1. The average Bonchev–Trinajstić information content (AvgIpc) is 2.88. The summed E-state index contributed by atoms with van der Waals surface area (Å²) in [7, 11) is 0. The van der Waals surface area contributed by atoms with Crippen molar-refractivity contribution in [3.8, 4) is 0 Å². The molecule has 0 unspecified atom stereocenters. The number of amides is 1. The van der Waals surface area contributed by atoms with Crippen molar-refractivity contribution < 1.29 is 19.4 Å². The number of aromatic nitrogens is 1. The number of nitrogens with one attached hydrogen (secondary N) is 2. The van der Waals surface area contributed by atoms with E-state index in [9.17, 15) is 14.7 Å². The molecule has 1 heterocycles. The number of rotatable bonds is 6. The summed E-state index contributed by atoms with van der Waals surface area (Å²) in [5, 5.41) is 12.6. The number of hydrogen-bond acceptors (Lipinski definition) is 4. The van der Waals surface area contributed by atoms with E-state index in [-0.39, 0.29) is 24.2 Å². The van der Waals surface area contributed by atoms with Crippen LogP contribution in [-0.2, 0) is 9.53 Å². The molecule has 1 aromatic carbocycles. The zero-order chi connectivity index (χ0) is 18.6. The molecule has 0 saturated heterocycles. The number of aliphatic hydroxyl groups excluding tert-OH is 1. The van der Waals surface area contributed by atoms with E-state index in [0.29, 0.717) is 16.8 Å². The van der Waals surface area contributed by atoms with E-state index in [2.05, 4.69) is 10.3 Å². The molecule has 2 aromatic rings. The van der Waals surface area contributed by atoms with Gasteiger partial charge < -0.3 is 20.1 Å². The lowest BCUT2D eigenvalue weighted by atomic mass is 10.1. The molecule has 6 heteroatoms. The predicted octanol–water partition coefficient (Wildman–Crippen LogP) is 2.72. The maximum absolute atomic E-state index is 12.2. The average molecular weight is 344 g/mol. The Bertz CT molecular complexity index is 750. The molecular weight excluding hydrogens is 320 g/mol. The van der Waals surface area contributed by atoms with Gasteiger partial charge in [-0.15, -0.1) is 0 Å². The Morgan fingerprint density at radius 1 is 1.20 bits per heavy atom. The van der Waals surface area contributed by atoms with Crippen LogP contribution in [0.2, 0.25) is 0 Å². The first-order chi connectivity index (χ1) is 11.8. The molecule has 0 spiro atoms. The third-order valence-corrected chi connectivity index (χ3v) is 4.13. The Morgan fingerprint density at radius 2 is 1.84 bits per heavy atom. The van der Waals surface area contributed by atoms with Crippen LogP contribution in [0.5, 0.6) is 0 Å². The fourth-order valence-electron chi connectivity index (χ4n) is 2.91. The maximum atomic E-state index is 12.2. The van der Waals surface area contributed by atoms with Gasteiger partial charge in [0.05, 0.1) is 12.1 Å². The van der Waals surface area contributed by atoms with E-state index in [4.69, 9.17) is 4.74 Å². The number of aromatic amines is 1. The first-order valence-electron chi connectivity index (χ1n) is 8.19. The summed E-state index contributed by atoms with van der Waals surface area (Å²) < 4.78 is 5.09. The number of hydrogen-bond donors (Lipinski definition) is 3. The second-order valence-electron chi connectivity index (χ2n) is 6.12. The van der Waals surface area contributed by atoms with Crippen molar-refractivity contribution in [2.24, 2.45) is 0 Å². The van der Waals surface area contributed by atoms with Gasteiger partial charge in [-0.3, -0.25) is 4.79 Å². The second-order valence-corrected chi connectivity index (χ2v) is 6.12. The molecule has 1 amide bonds. The van der Waals surface area contributed by atoms with Crippen molar-refractivity contribution in [2.45, 2.75) is 39.8 Å². The van der Waals surface area contributed by atoms with Crippen molar-refractivity contribution in [2.75, 3.05) is 6.61 Å². The number of aryl methyl sites for hydroxylation is 1. The first-order valence-corrected chi connectivity index (χ1v) is 8.19. The lowest BCUT2D eigenvalue weighted by Crippen LogP contribution is -2.31. The molecule has 0 aliphatic carbocycles. The molecule has 1 aromatic heterocycles. The van der Waals surface area contributed by atoms with Crippen molar-refractivity contribution in [3.05, 3.63) is 58.4 Å². The number of H-pyrrole nitrogens is 1. The molecule has 3 N–H and O–H groups in total. The Morgan fingerprint density at radius 3 is 2.40 bits per heavy atom. The standard InChI is InChI=1S/C19H24N2O4/c1-11-17(14(4)22)13(3)21-18(11)19(24)25-10-16(23)20-12(2)15-8-6-5-7-9-15/h5-9,12,14,21-22H,10H2,1-4H3,(H,20,23)/t12-,14+/m0/s1. The van der Waals surface area contributed by atoms with Crippen LogP contribution < -0.4 is 5.32 Å². The SMILES string of the molecule is Cc1[nH]c(C(=O)OCC(=O)N[C@@H](C)c2ccccc2)c(C)c1[C@@H](C)O. The van der Waals surface area contributed by atoms with Crippen LogP contribution in [0.3, 0.4) is 0 Å². The smallest absolute Gasteiger partial charge is 0.355 e. The number of esters is 1. The normalized spacial score (nSPS) is 13.2. The number of carbonyl (C=O) groups is 2. The molecule has 134 valence electrons. The van der Waals surface area contributed by atoms with E-state index in [1.165, 1.54) is 0 Å². The van der Waals surface area contributed by atoms with Crippen molar-refractivity contribution in [1.82, 2.24) is 10.3 Å². The summed E-state index contributed by atoms with van der Waals surface area (Å²) in [6.07, 6.45) is -0.687. The molecule has 0 bridgehead atoms. The van der Waals surface area contributed by atoms with Gasteiger partial charge >= 0.3 is 5.97 Å². The van der Waals surface area contributed by atoms with Crippen LogP contribution >= 0.6 is 0 Å². The van der Waals surface area contributed by atoms with Gasteiger partial charge in [-0.05, 0) is 38.8 Å². The minimum atomic E-state index is -0.687. The van der Waals surface area contributed by atoms with Crippen molar-refractivity contribution >= 4 is 11.9 Å². The Balaban J connectivity index is 1.94. The molecule has 2 atom stereocenters. The second kappa shape index (κ2) is 7.98. The number of carbonyl (C=O) groups excluding carboxylic acids is 2. The lowest BCUT2D eigenvalue weighted by Gasteiger charge is -2.14. The summed E-state index contributed by atoms with van der Waals surface area (Å²) in [5.74, 6) is -0.989. The highest BCUT2D eigenvalue weighted by Gasteiger charge is 2.21. The summed E-state index contributed by atoms with van der Waals surface area (Å²) in [5.41, 5.74) is 3.25. The van der Waals surface area contributed by atoms with E-state index in [0.717, 1.165) is 5.56 Å². The molecule has 0 aliphatic heterocycles. The Labute approximate surface area is 147 Å². The van der Waals surface area contributed by atoms with Gasteiger partial charge in [-0.2, -0.15) is 0 Å². The zero-order valence-corrected chi connectivity index (χ0v) is 14.9. The van der Waals surface area contributed by atoms with Gasteiger partial charge in [-0.1, -0.05) is 30.3 Å². The highest BCUT2D eigenvalue weighted by molar-refractivity contribution is 5.91. The van der Waals surface area contributed by atoms with Gasteiger partial charge in [-0.25, -0.2) is 4.79 Å². The Hall–Kier alpha value is -2.60. The molecule has 0 aliphatic rings. The Kier molecular flexibility index (Phi) is 5.98. The summed E-state index contributed by atoms with van der Waals surface area (Å²) in [6, 6.07) is 9.35. The monoisotopic (exact) mass is 344 g/mol. The molecule has 6 nitrogen and oxygen atoms in total. The predicted molar refractivity (Wildman–Crippen MR) is 94.2 cm³/mol. The van der Waals surface area contributed by atoms with E-state index < -0.39 is 12.1 Å². The zero-order valence-electron chi connectivity index (χ0n) is 14.9. The summed E-state index contributed by atoms with van der Waals surface area (Å²) >= 11 is 0. The third kappa shape index (κ3) is 4.48. The van der Waals surface area contributed by atoms with Crippen LogP contribution in [0.4, 0.5) is 0 Å². The lowest BCUT2D eigenvalue weighted by molar-refractivity contribution is -0.124. The van der Waals surface area contributed by atoms with Crippen LogP contribution in [0, 0.1) is 13.8 Å². The van der Waals surface area contributed by atoms with E-state index in [1.807, 2.05) is 37.3 Å². The van der Waals surface area contributed by atoms with Crippen LogP contribution in [-0.4, -0.2) is 28.6 Å². The van der Waals surface area contributed by atoms with Crippen molar-refractivity contribution in [3.63, 3.8) is 0 Å². The highest BCUT2D eigenvalue weighted by Crippen LogP contribution is 2.24. The van der Waals surface area contributed by atoms with Gasteiger partial charge in [0, 0.05) is 11.3 Å². The van der Waals surface area contributed by atoms with E-state index in [1.54, 1.807) is 20.8 Å². The fourth-order valence-corrected chi connectivity index (χ4v) is 2.91. The molecular formula is C19H24N2O4. The topological polar surface area (TPSA) is 91.4 Å². The van der Waals surface area contributed by atoms with Gasteiger partial charge in [0.25, 0.3) is 5.91 Å². The quantitative estimate of drug-likeness (QED) is 0.703. The van der Waals surface area contributed by atoms with Crippen LogP contribution in [0.1, 0.15) is 58.9 Å². The largest absolute Gasteiger partial charge is 0.451 e.